The molecule has 1 N–H and O–H groups in total. The van der Waals surface area contributed by atoms with Gasteiger partial charge in [-0.05, 0) is 25.0 Å². The van der Waals surface area contributed by atoms with Crippen LogP contribution in [0.5, 0.6) is 0 Å². The van der Waals surface area contributed by atoms with Crippen molar-refractivity contribution in [3.8, 4) is 6.07 Å². The van der Waals surface area contributed by atoms with Crippen molar-refractivity contribution in [2.24, 2.45) is 0 Å². The van der Waals surface area contributed by atoms with Crippen LogP contribution in [0.3, 0.4) is 0 Å². The Kier molecular flexibility index (Phi) is 4.76. The highest BCUT2D eigenvalue weighted by atomic mass is 19.4. The fourth-order valence-corrected chi connectivity index (χ4v) is 1.29. The van der Waals surface area contributed by atoms with E-state index < -0.39 is 12.6 Å². The van der Waals surface area contributed by atoms with E-state index in [0.29, 0.717) is 24.3 Å². The zero-order valence-corrected chi connectivity index (χ0v) is 9.09. The Labute approximate surface area is 97.3 Å². The third-order valence-electron chi connectivity index (χ3n) is 2.11. The minimum Gasteiger partial charge on any atom is -0.369 e. The molecule has 0 aliphatic carbocycles. The Morgan fingerprint density at radius 2 is 2.12 bits per heavy atom. The van der Waals surface area contributed by atoms with Gasteiger partial charge in [-0.15, -0.1) is 0 Å². The molecule has 0 aromatic carbocycles. The Morgan fingerprint density at radius 3 is 2.76 bits per heavy atom. The van der Waals surface area contributed by atoms with Gasteiger partial charge in [0.1, 0.15) is 11.9 Å². The smallest absolute Gasteiger partial charge is 0.369 e. The van der Waals surface area contributed by atoms with Crippen molar-refractivity contribution >= 4 is 5.82 Å². The molecular weight excluding hydrogens is 231 g/mol. The van der Waals surface area contributed by atoms with Crippen LogP contribution in [-0.4, -0.2) is 17.7 Å². The average Bonchev–Trinajstić information content (AvgIpc) is 2.27. The first-order chi connectivity index (χ1) is 8.03. The normalized spacial score (nSPS) is 10.9. The number of nitrogens with one attached hydrogen (secondary N) is 1. The first-order valence-electron chi connectivity index (χ1n) is 5.18. The second-order valence-electron chi connectivity index (χ2n) is 3.51. The molecule has 1 rings (SSSR count). The van der Waals surface area contributed by atoms with E-state index in [1.807, 2.05) is 6.07 Å². The predicted octanol–water partition coefficient (Wildman–Crippen LogP) is 3.10. The lowest BCUT2D eigenvalue weighted by Gasteiger charge is -2.08. The molecule has 0 fully saturated rings. The van der Waals surface area contributed by atoms with Crippen LogP contribution in [-0.2, 0) is 0 Å². The Morgan fingerprint density at radius 1 is 1.35 bits per heavy atom. The molecule has 0 saturated carbocycles. The van der Waals surface area contributed by atoms with Gasteiger partial charge in [-0.2, -0.15) is 18.4 Å². The molecule has 0 amide bonds. The number of hydrogen-bond donors (Lipinski definition) is 1. The third kappa shape index (κ3) is 5.20. The quantitative estimate of drug-likeness (QED) is 0.808. The summed E-state index contributed by atoms with van der Waals surface area (Å²) in [6, 6.07) is 5.19. The summed E-state index contributed by atoms with van der Waals surface area (Å²) in [5.41, 5.74) is 0.392. The molecule has 1 heterocycles. The SMILES string of the molecule is N#Cc1cccnc1NCCCCC(F)(F)F. The molecule has 1 aromatic rings. The number of halogens is 3. The van der Waals surface area contributed by atoms with Crippen LogP contribution in [0.4, 0.5) is 19.0 Å². The highest BCUT2D eigenvalue weighted by Gasteiger charge is 2.25. The number of rotatable bonds is 5. The number of anilines is 1. The van der Waals surface area contributed by atoms with Crippen molar-refractivity contribution in [2.45, 2.75) is 25.4 Å². The van der Waals surface area contributed by atoms with Gasteiger partial charge in [-0.1, -0.05) is 0 Å². The molecule has 0 spiro atoms. The van der Waals surface area contributed by atoms with E-state index in [1.165, 1.54) is 6.20 Å². The Hall–Kier alpha value is -1.77. The van der Waals surface area contributed by atoms with Crippen molar-refractivity contribution in [3.05, 3.63) is 23.9 Å². The van der Waals surface area contributed by atoms with Gasteiger partial charge in [0.2, 0.25) is 0 Å². The van der Waals surface area contributed by atoms with E-state index in [4.69, 9.17) is 5.26 Å². The number of aromatic nitrogens is 1. The molecular formula is C11H12F3N3. The lowest BCUT2D eigenvalue weighted by molar-refractivity contribution is -0.135. The number of alkyl halides is 3. The first-order valence-corrected chi connectivity index (χ1v) is 5.18. The summed E-state index contributed by atoms with van der Waals surface area (Å²) in [4.78, 5) is 3.94. The fraction of sp³-hybridized carbons (Fsp3) is 0.455. The Balaban J connectivity index is 2.30. The number of hydrogen-bond acceptors (Lipinski definition) is 3. The highest BCUT2D eigenvalue weighted by Crippen LogP contribution is 2.22. The molecule has 0 atom stereocenters. The van der Waals surface area contributed by atoms with Crippen molar-refractivity contribution < 1.29 is 13.2 Å². The van der Waals surface area contributed by atoms with Crippen molar-refractivity contribution in [1.82, 2.24) is 4.98 Å². The van der Waals surface area contributed by atoms with Crippen LogP contribution in [0.15, 0.2) is 18.3 Å². The first kappa shape index (κ1) is 13.3. The molecule has 92 valence electrons. The van der Waals surface area contributed by atoms with Crippen LogP contribution < -0.4 is 5.32 Å². The van der Waals surface area contributed by atoms with Gasteiger partial charge in [0, 0.05) is 19.2 Å². The van der Waals surface area contributed by atoms with Crippen LogP contribution in [0.1, 0.15) is 24.8 Å². The summed E-state index contributed by atoms with van der Waals surface area (Å²) in [7, 11) is 0. The van der Waals surface area contributed by atoms with Gasteiger partial charge in [-0.25, -0.2) is 4.98 Å². The van der Waals surface area contributed by atoms with Gasteiger partial charge in [-0.3, -0.25) is 0 Å². The monoisotopic (exact) mass is 243 g/mol. The minimum absolute atomic E-state index is 0.0746. The molecule has 0 aliphatic heterocycles. The van der Waals surface area contributed by atoms with E-state index in [9.17, 15) is 13.2 Å². The average molecular weight is 243 g/mol. The number of pyridine rings is 1. The molecule has 3 nitrogen and oxygen atoms in total. The van der Waals surface area contributed by atoms with E-state index >= 15 is 0 Å². The molecule has 0 aliphatic rings. The number of unbranched alkanes of at least 4 members (excludes halogenated alkanes) is 1. The summed E-state index contributed by atoms with van der Waals surface area (Å²) in [5, 5.41) is 11.6. The second kappa shape index (κ2) is 6.09. The number of nitrogens with zero attached hydrogens (tertiary/aromatic N) is 2. The summed E-state index contributed by atoms with van der Waals surface area (Å²) in [6.07, 6.45) is -2.88. The van der Waals surface area contributed by atoms with E-state index in [-0.39, 0.29) is 6.42 Å². The molecule has 0 radical (unpaired) electrons. The molecule has 17 heavy (non-hydrogen) atoms. The van der Waals surface area contributed by atoms with Crippen LogP contribution in [0.2, 0.25) is 0 Å². The van der Waals surface area contributed by atoms with Crippen LogP contribution in [0.25, 0.3) is 0 Å². The largest absolute Gasteiger partial charge is 0.389 e. The van der Waals surface area contributed by atoms with Gasteiger partial charge in [0.25, 0.3) is 0 Å². The van der Waals surface area contributed by atoms with Crippen LogP contribution >= 0.6 is 0 Å². The predicted molar refractivity (Wildman–Crippen MR) is 57.3 cm³/mol. The highest BCUT2D eigenvalue weighted by molar-refractivity contribution is 5.50. The van der Waals surface area contributed by atoms with Crippen molar-refractivity contribution in [1.29, 1.82) is 5.26 Å². The van der Waals surface area contributed by atoms with E-state index in [0.717, 1.165) is 0 Å². The molecule has 0 saturated heterocycles. The molecule has 0 bridgehead atoms. The maximum atomic E-state index is 11.8. The fourth-order valence-electron chi connectivity index (χ4n) is 1.29. The summed E-state index contributed by atoms with van der Waals surface area (Å²) >= 11 is 0. The summed E-state index contributed by atoms with van der Waals surface area (Å²) in [5.74, 6) is 0.419. The van der Waals surface area contributed by atoms with E-state index in [2.05, 4.69) is 10.3 Å². The molecule has 1 aromatic heterocycles. The van der Waals surface area contributed by atoms with Gasteiger partial charge in [0.15, 0.2) is 0 Å². The lowest BCUT2D eigenvalue weighted by Crippen LogP contribution is -2.09. The topological polar surface area (TPSA) is 48.7 Å². The third-order valence-corrected chi connectivity index (χ3v) is 2.11. The van der Waals surface area contributed by atoms with Gasteiger partial charge >= 0.3 is 6.18 Å². The zero-order valence-electron chi connectivity index (χ0n) is 9.09. The van der Waals surface area contributed by atoms with Gasteiger partial charge < -0.3 is 5.32 Å². The van der Waals surface area contributed by atoms with Crippen molar-refractivity contribution in [3.63, 3.8) is 0 Å². The summed E-state index contributed by atoms with van der Waals surface area (Å²) < 4.78 is 35.5. The van der Waals surface area contributed by atoms with Crippen LogP contribution in [0, 0.1) is 11.3 Å². The summed E-state index contributed by atoms with van der Waals surface area (Å²) in [6.45, 7) is 0.377. The standard InChI is InChI=1S/C11H12F3N3/c12-11(13,14)5-1-2-6-16-10-9(8-15)4-3-7-17-10/h3-4,7H,1-2,5-6H2,(H,16,17). The molecule has 6 heteroatoms. The minimum atomic E-state index is -4.09. The maximum Gasteiger partial charge on any atom is 0.389 e. The zero-order chi connectivity index (χ0) is 12.7. The number of nitriles is 1. The van der Waals surface area contributed by atoms with Crippen molar-refractivity contribution in [2.75, 3.05) is 11.9 Å². The lowest BCUT2D eigenvalue weighted by atomic mass is 10.2. The second-order valence-corrected chi connectivity index (χ2v) is 3.51. The van der Waals surface area contributed by atoms with E-state index in [1.54, 1.807) is 12.1 Å². The maximum absolute atomic E-state index is 11.8. The Bertz CT molecular complexity index is 396. The van der Waals surface area contributed by atoms with Gasteiger partial charge in [0.05, 0.1) is 5.56 Å². The molecule has 0 unspecified atom stereocenters.